The summed E-state index contributed by atoms with van der Waals surface area (Å²) in [4.78, 5) is 19.1. The van der Waals surface area contributed by atoms with Gasteiger partial charge in [-0.3, -0.25) is 0 Å². The summed E-state index contributed by atoms with van der Waals surface area (Å²) < 4.78 is 2.63. The molecule has 1 aromatic heterocycles. The third-order valence-corrected chi connectivity index (χ3v) is 6.74. The number of Topliss-reactive ketones (excluding diaryl/α,β-unsaturated/α-hetero) is 1. The second-order valence-corrected chi connectivity index (χ2v) is 8.04. The maximum Gasteiger partial charge on any atom is -0.107 e. The zero-order chi connectivity index (χ0) is 16.7. The van der Waals surface area contributed by atoms with Gasteiger partial charge in [-0.15, -0.1) is 24.0 Å². The van der Waals surface area contributed by atoms with Gasteiger partial charge < -0.3 is 0 Å². The molecule has 0 fully saturated rings. The topological polar surface area (TPSA) is 33.2 Å². The molecule has 0 radical (unpaired) electrons. The number of carbonyl (C=O) groups is 1. The molecule has 1 aliphatic carbocycles. The van der Waals surface area contributed by atoms with Crippen molar-refractivity contribution in [2.24, 2.45) is 0 Å². The van der Waals surface area contributed by atoms with E-state index in [1.165, 1.54) is 14.7 Å². The predicted octanol–water partition coefficient (Wildman–Crippen LogP) is 3.55. The second-order valence-electron chi connectivity index (χ2n) is 5.81. The number of halogens is 1. The van der Waals surface area contributed by atoms with Gasteiger partial charge in [-0.2, -0.15) is 0 Å². The fourth-order valence-corrected chi connectivity index (χ4v) is 5.18. The van der Waals surface area contributed by atoms with E-state index in [9.17, 15) is 4.79 Å². The molecule has 5 heteroatoms. The maximum absolute atomic E-state index is 12.7. The average molecular weight is 507 g/mol. The van der Waals surface area contributed by atoms with Gasteiger partial charge in [0, 0.05) is 0 Å². The molecule has 1 aromatic carbocycles. The number of para-hydroxylation sites is 1. The first-order valence-corrected chi connectivity index (χ1v) is 9.47. The van der Waals surface area contributed by atoms with Crippen molar-refractivity contribution in [3.05, 3.63) is 82.2 Å². The summed E-state index contributed by atoms with van der Waals surface area (Å²) in [6, 6.07) is 12.3. The molecule has 1 aliphatic heterocycles. The third kappa shape index (κ3) is 3.24. The van der Waals surface area contributed by atoms with Crippen molar-refractivity contribution < 1.29 is 4.79 Å². The quantitative estimate of drug-likeness (QED) is 0.337. The number of hydrogen-bond acceptors (Lipinski definition) is 3. The van der Waals surface area contributed by atoms with Crippen molar-refractivity contribution >= 4 is 60.4 Å². The third-order valence-electron chi connectivity index (χ3n) is 4.26. The van der Waals surface area contributed by atoms with Crippen molar-refractivity contribution in [3.63, 3.8) is 0 Å². The summed E-state index contributed by atoms with van der Waals surface area (Å²) in [5.74, 6) is -0.00119. The molecule has 0 saturated carbocycles. The normalized spacial score (nSPS) is 18.7. The zero-order valence-corrected chi connectivity index (χ0v) is 17.9. The molecule has 2 aromatic rings. The Bertz CT molecular complexity index is 946. The summed E-state index contributed by atoms with van der Waals surface area (Å²) in [5, 5.41) is 0. The monoisotopic (exact) mass is 508 g/mol. The first-order chi connectivity index (χ1) is 11.6. The Balaban J connectivity index is 0.00000182. The summed E-state index contributed by atoms with van der Waals surface area (Å²) in [7, 11) is 2.08. The Kier molecular flexibility index (Phi) is 5.27. The number of allylic oxidation sites excluding steroid dienone is 5. The van der Waals surface area contributed by atoms with Crippen LogP contribution in [0.4, 0.5) is 5.69 Å². The Morgan fingerprint density at radius 3 is 2.72 bits per heavy atom. The number of hydrogen-bond donors (Lipinski definition) is 0. The molecule has 25 heavy (non-hydrogen) atoms. The molecule has 0 saturated heterocycles. The van der Waals surface area contributed by atoms with Crippen LogP contribution in [0.5, 0.6) is 0 Å². The van der Waals surface area contributed by atoms with Crippen LogP contribution in [0.1, 0.15) is 23.0 Å². The van der Waals surface area contributed by atoms with Crippen LogP contribution in [0, 0.1) is 0 Å². The molecule has 2 aliphatic rings. The molecule has 0 N–H and O–H groups in total. The van der Waals surface area contributed by atoms with E-state index in [1.807, 2.05) is 31.2 Å². The number of carbonyl (C=O) groups excluding carboxylic acids is 1. The van der Waals surface area contributed by atoms with Gasteiger partial charge in [0.1, 0.15) is 0 Å². The van der Waals surface area contributed by atoms with Crippen LogP contribution >= 0.6 is 24.0 Å². The summed E-state index contributed by atoms with van der Waals surface area (Å²) in [6.45, 7) is 2.02. The van der Waals surface area contributed by atoms with Gasteiger partial charge in [-0.1, -0.05) is 0 Å². The molecule has 0 atom stereocenters. The zero-order valence-electron chi connectivity index (χ0n) is 13.9. The van der Waals surface area contributed by atoms with Crippen molar-refractivity contribution in [2.75, 3.05) is 11.9 Å². The van der Waals surface area contributed by atoms with Crippen LogP contribution in [0.2, 0.25) is 0 Å². The number of anilines is 1. The maximum atomic E-state index is 12.7. The van der Waals surface area contributed by atoms with E-state index >= 15 is 0 Å². The first kappa shape index (κ1) is 18.1. The number of ketones is 1. The van der Waals surface area contributed by atoms with Gasteiger partial charge in [0.15, 0.2) is 0 Å². The number of nitrogens with zero attached hydrogens (tertiary/aromatic N) is 2. The molecule has 3 nitrogen and oxygen atoms in total. The van der Waals surface area contributed by atoms with Crippen LogP contribution in [-0.4, -0.2) is 32.8 Å². The summed E-state index contributed by atoms with van der Waals surface area (Å²) >= 11 is 0.273. The number of pyridine rings is 1. The van der Waals surface area contributed by atoms with E-state index in [2.05, 4.69) is 47.3 Å². The molecule has 0 unspecified atom stereocenters. The summed E-state index contributed by atoms with van der Waals surface area (Å²) in [5.41, 5.74) is 4.52. The van der Waals surface area contributed by atoms with E-state index in [0.717, 1.165) is 11.1 Å². The molecular formula is C20H17IN2OSe. The second kappa shape index (κ2) is 7.28. The van der Waals surface area contributed by atoms with Gasteiger partial charge in [-0.05, 0) is 0 Å². The van der Waals surface area contributed by atoms with Crippen LogP contribution in [0.3, 0.4) is 0 Å². The standard InChI is InChI=1S/C20H16N2OSe.HI/c1-13-12-14(20(23)19-15(13)6-5-11-21-19)9-10-18-22(2)16-7-3-4-8-17(16)24-18;/h3-12H,1-2H3;1H/b14-9+,18-10+;. The fourth-order valence-electron chi connectivity index (χ4n) is 2.97. The van der Waals surface area contributed by atoms with Crippen LogP contribution in [0.25, 0.3) is 5.57 Å². The van der Waals surface area contributed by atoms with Crippen molar-refractivity contribution in [3.8, 4) is 0 Å². The molecule has 0 bridgehead atoms. The summed E-state index contributed by atoms with van der Waals surface area (Å²) in [6.07, 6.45) is 7.64. The van der Waals surface area contributed by atoms with E-state index < -0.39 is 0 Å². The van der Waals surface area contributed by atoms with Crippen molar-refractivity contribution in [1.82, 2.24) is 4.98 Å². The fraction of sp³-hybridized carbons (Fsp3) is 0.100. The van der Waals surface area contributed by atoms with Crippen molar-refractivity contribution in [2.45, 2.75) is 6.92 Å². The smallest absolute Gasteiger partial charge is 0.107 e. The minimum atomic E-state index is -0.00119. The number of rotatable bonds is 1. The minimum Gasteiger partial charge on any atom is -0.107 e. The van der Waals surface area contributed by atoms with Gasteiger partial charge in [0.05, 0.1) is 0 Å². The molecule has 0 amide bonds. The van der Waals surface area contributed by atoms with Crippen molar-refractivity contribution in [1.29, 1.82) is 0 Å². The average Bonchev–Trinajstić information content (AvgIpc) is 2.93. The minimum absolute atomic E-state index is 0. The van der Waals surface area contributed by atoms with Gasteiger partial charge in [0.2, 0.25) is 0 Å². The van der Waals surface area contributed by atoms with E-state index in [0.29, 0.717) is 11.3 Å². The molecule has 126 valence electrons. The molecule has 4 rings (SSSR count). The van der Waals surface area contributed by atoms with Gasteiger partial charge in [-0.25, -0.2) is 0 Å². The number of aromatic nitrogens is 1. The van der Waals surface area contributed by atoms with E-state index in [1.54, 1.807) is 6.20 Å². The molecular weight excluding hydrogens is 490 g/mol. The Hall–Kier alpha value is -1.69. The molecule has 2 heterocycles. The predicted molar refractivity (Wildman–Crippen MR) is 114 cm³/mol. The van der Waals surface area contributed by atoms with Crippen LogP contribution in [-0.2, 0) is 0 Å². The Morgan fingerprint density at radius 2 is 1.92 bits per heavy atom. The number of benzene rings is 1. The Morgan fingerprint density at radius 1 is 1.12 bits per heavy atom. The largest absolute Gasteiger partial charge is 0.107 e. The van der Waals surface area contributed by atoms with Crippen LogP contribution in [0.15, 0.2) is 71.0 Å². The Labute approximate surface area is 170 Å². The van der Waals surface area contributed by atoms with E-state index in [-0.39, 0.29) is 44.7 Å². The van der Waals surface area contributed by atoms with Gasteiger partial charge in [0.25, 0.3) is 0 Å². The van der Waals surface area contributed by atoms with E-state index in [4.69, 9.17) is 0 Å². The molecule has 0 spiro atoms. The van der Waals surface area contributed by atoms with Crippen LogP contribution < -0.4 is 9.36 Å². The SMILES string of the molecule is CC1=C/C(=C\C=C2\[Se]c3ccccc3N2C)C(=O)c2ncccc21.I. The number of fused-ring (bicyclic) bond motifs is 2. The first-order valence-electron chi connectivity index (χ1n) is 7.76. The van der Waals surface area contributed by atoms with Gasteiger partial charge >= 0.3 is 147 Å².